The summed E-state index contributed by atoms with van der Waals surface area (Å²) in [5.41, 5.74) is 1.83. The van der Waals surface area contributed by atoms with Gasteiger partial charge in [0.25, 0.3) is 5.91 Å². The first kappa shape index (κ1) is 21.4. The minimum atomic E-state index is -0.692. The van der Waals surface area contributed by atoms with Crippen molar-refractivity contribution >= 4 is 23.2 Å². The van der Waals surface area contributed by atoms with E-state index in [1.165, 1.54) is 11.3 Å². The highest BCUT2D eigenvalue weighted by molar-refractivity contribution is 7.12. The Kier molecular flexibility index (Phi) is 7.45. The van der Waals surface area contributed by atoms with Crippen LogP contribution >= 0.6 is 11.3 Å². The minimum Gasteiger partial charge on any atom is -0.493 e. The standard InChI is InChI=1S/C23H24N2O4S/c1-28-19-11-10-17(14-20(19)29-2)15-24-22(26)18(13-16-7-4-3-5-8-16)25-23(27)21-9-6-12-30-21/h3-12,14,18H,13,15H2,1-2H3,(H,24,26)(H,25,27)/t18-/m0/s1. The van der Waals surface area contributed by atoms with Crippen LogP contribution in [-0.2, 0) is 17.8 Å². The van der Waals surface area contributed by atoms with Crippen LogP contribution in [0.1, 0.15) is 20.8 Å². The number of amides is 2. The Morgan fingerprint density at radius 1 is 0.933 bits per heavy atom. The molecule has 0 saturated carbocycles. The Bertz CT molecular complexity index is 974. The predicted octanol–water partition coefficient (Wildman–Crippen LogP) is 3.42. The number of carbonyl (C=O) groups excluding carboxylic acids is 2. The molecular weight excluding hydrogens is 400 g/mol. The zero-order valence-corrected chi connectivity index (χ0v) is 17.7. The van der Waals surface area contributed by atoms with Gasteiger partial charge in [-0.25, -0.2) is 0 Å². The first-order chi connectivity index (χ1) is 14.6. The summed E-state index contributed by atoms with van der Waals surface area (Å²) in [6.45, 7) is 0.305. The number of hydrogen-bond acceptors (Lipinski definition) is 5. The van der Waals surface area contributed by atoms with E-state index in [2.05, 4.69) is 10.6 Å². The maximum Gasteiger partial charge on any atom is 0.262 e. The lowest BCUT2D eigenvalue weighted by Crippen LogP contribution is -2.47. The predicted molar refractivity (Wildman–Crippen MR) is 117 cm³/mol. The number of thiophene rings is 1. The Balaban J connectivity index is 1.70. The Labute approximate surface area is 179 Å². The summed E-state index contributed by atoms with van der Waals surface area (Å²) in [4.78, 5) is 26.0. The molecule has 0 aliphatic carbocycles. The first-order valence-electron chi connectivity index (χ1n) is 9.47. The molecule has 7 heteroatoms. The molecular formula is C23H24N2O4S. The molecule has 156 valence electrons. The zero-order chi connectivity index (χ0) is 21.3. The second kappa shape index (κ2) is 10.5. The lowest BCUT2D eigenvalue weighted by molar-refractivity contribution is -0.123. The van der Waals surface area contributed by atoms with Crippen LogP contribution in [0.15, 0.2) is 66.0 Å². The number of carbonyl (C=O) groups is 2. The summed E-state index contributed by atoms with van der Waals surface area (Å²) >= 11 is 1.34. The highest BCUT2D eigenvalue weighted by Gasteiger charge is 2.22. The molecule has 2 aromatic carbocycles. The van der Waals surface area contributed by atoms with Gasteiger partial charge in [0.1, 0.15) is 6.04 Å². The van der Waals surface area contributed by atoms with E-state index < -0.39 is 6.04 Å². The lowest BCUT2D eigenvalue weighted by Gasteiger charge is -2.19. The Hall–Kier alpha value is -3.32. The van der Waals surface area contributed by atoms with E-state index in [1.54, 1.807) is 26.4 Å². The van der Waals surface area contributed by atoms with E-state index in [-0.39, 0.29) is 11.8 Å². The van der Waals surface area contributed by atoms with Gasteiger partial charge < -0.3 is 20.1 Å². The van der Waals surface area contributed by atoms with Crippen LogP contribution in [0.25, 0.3) is 0 Å². The van der Waals surface area contributed by atoms with Gasteiger partial charge >= 0.3 is 0 Å². The molecule has 0 aliphatic heterocycles. The summed E-state index contributed by atoms with van der Waals surface area (Å²) in [6.07, 6.45) is 0.399. The molecule has 3 aromatic rings. The fourth-order valence-corrected chi connectivity index (χ4v) is 3.63. The lowest BCUT2D eigenvalue weighted by atomic mass is 10.0. The topological polar surface area (TPSA) is 76.7 Å². The van der Waals surface area contributed by atoms with Crippen molar-refractivity contribution in [3.8, 4) is 11.5 Å². The number of benzene rings is 2. The van der Waals surface area contributed by atoms with Crippen molar-refractivity contribution < 1.29 is 19.1 Å². The van der Waals surface area contributed by atoms with Gasteiger partial charge in [0.2, 0.25) is 5.91 Å². The highest BCUT2D eigenvalue weighted by Crippen LogP contribution is 2.27. The van der Waals surface area contributed by atoms with Crippen LogP contribution in [0.4, 0.5) is 0 Å². The van der Waals surface area contributed by atoms with Gasteiger partial charge in [-0.15, -0.1) is 11.3 Å². The maximum absolute atomic E-state index is 12.9. The fraction of sp³-hybridized carbons (Fsp3) is 0.217. The van der Waals surface area contributed by atoms with Crippen molar-refractivity contribution in [2.45, 2.75) is 19.0 Å². The average molecular weight is 425 g/mol. The summed E-state index contributed by atoms with van der Waals surface area (Å²) in [7, 11) is 3.14. The van der Waals surface area contributed by atoms with E-state index >= 15 is 0 Å². The number of rotatable bonds is 9. The third-order valence-electron chi connectivity index (χ3n) is 4.56. The summed E-state index contributed by atoms with van der Waals surface area (Å²) in [6, 6.07) is 17.9. The van der Waals surface area contributed by atoms with Gasteiger partial charge in [-0.1, -0.05) is 42.5 Å². The number of hydrogen-bond donors (Lipinski definition) is 2. The highest BCUT2D eigenvalue weighted by atomic mass is 32.1. The molecule has 0 aliphatic rings. The molecule has 0 bridgehead atoms. The smallest absolute Gasteiger partial charge is 0.262 e. The summed E-state index contributed by atoms with van der Waals surface area (Å²) < 4.78 is 10.6. The van der Waals surface area contributed by atoms with Gasteiger partial charge in [0.15, 0.2) is 11.5 Å². The van der Waals surface area contributed by atoms with Crippen LogP contribution in [0.5, 0.6) is 11.5 Å². The fourth-order valence-electron chi connectivity index (χ4n) is 3.00. The number of methoxy groups -OCH3 is 2. The molecule has 2 N–H and O–H groups in total. The Morgan fingerprint density at radius 2 is 1.70 bits per heavy atom. The molecule has 0 fully saturated rings. The molecule has 6 nitrogen and oxygen atoms in total. The van der Waals surface area contributed by atoms with Crippen molar-refractivity contribution in [1.29, 1.82) is 0 Å². The van der Waals surface area contributed by atoms with Crippen LogP contribution in [-0.4, -0.2) is 32.1 Å². The second-order valence-electron chi connectivity index (χ2n) is 6.60. The summed E-state index contributed by atoms with van der Waals surface area (Å²) in [5, 5.41) is 7.60. The maximum atomic E-state index is 12.9. The number of nitrogens with one attached hydrogen (secondary N) is 2. The minimum absolute atomic E-state index is 0.251. The van der Waals surface area contributed by atoms with Crippen LogP contribution in [0, 0.1) is 0 Å². The largest absolute Gasteiger partial charge is 0.493 e. The van der Waals surface area contributed by atoms with E-state index in [1.807, 2.05) is 53.9 Å². The van der Waals surface area contributed by atoms with E-state index in [0.29, 0.717) is 29.3 Å². The third kappa shape index (κ3) is 5.61. The molecule has 1 heterocycles. The van der Waals surface area contributed by atoms with Gasteiger partial charge in [-0.2, -0.15) is 0 Å². The van der Waals surface area contributed by atoms with Crippen molar-refractivity contribution in [3.05, 3.63) is 82.0 Å². The Morgan fingerprint density at radius 3 is 2.37 bits per heavy atom. The van der Waals surface area contributed by atoms with Crippen LogP contribution < -0.4 is 20.1 Å². The normalized spacial score (nSPS) is 11.4. The number of ether oxygens (including phenoxy) is 2. The van der Waals surface area contributed by atoms with Crippen molar-refractivity contribution in [2.24, 2.45) is 0 Å². The van der Waals surface area contributed by atoms with Gasteiger partial charge in [0, 0.05) is 13.0 Å². The molecule has 0 radical (unpaired) electrons. The second-order valence-corrected chi connectivity index (χ2v) is 7.55. The average Bonchev–Trinajstić information content (AvgIpc) is 3.32. The molecule has 0 saturated heterocycles. The van der Waals surface area contributed by atoms with E-state index in [4.69, 9.17) is 9.47 Å². The van der Waals surface area contributed by atoms with Gasteiger partial charge in [-0.3, -0.25) is 9.59 Å². The third-order valence-corrected chi connectivity index (χ3v) is 5.43. The van der Waals surface area contributed by atoms with Crippen molar-refractivity contribution in [1.82, 2.24) is 10.6 Å². The monoisotopic (exact) mass is 424 g/mol. The SMILES string of the molecule is COc1ccc(CNC(=O)[C@H](Cc2ccccc2)NC(=O)c2cccs2)cc1OC. The van der Waals surface area contributed by atoms with Gasteiger partial charge in [0.05, 0.1) is 19.1 Å². The van der Waals surface area contributed by atoms with E-state index in [0.717, 1.165) is 11.1 Å². The zero-order valence-electron chi connectivity index (χ0n) is 16.9. The van der Waals surface area contributed by atoms with Gasteiger partial charge in [-0.05, 0) is 34.7 Å². The molecule has 0 unspecified atom stereocenters. The van der Waals surface area contributed by atoms with Crippen LogP contribution in [0.2, 0.25) is 0 Å². The molecule has 1 atom stereocenters. The van der Waals surface area contributed by atoms with Crippen molar-refractivity contribution in [2.75, 3.05) is 14.2 Å². The van der Waals surface area contributed by atoms with Crippen LogP contribution in [0.3, 0.4) is 0 Å². The summed E-state index contributed by atoms with van der Waals surface area (Å²) in [5.74, 6) is 0.708. The van der Waals surface area contributed by atoms with E-state index in [9.17, 15) is 9.59 Å². The molecule has 30 heavy (non-hydrogen) atoms. The quantitative estimate of drug-likeness (QED) is 0.552. The molecule has 3 rings (SSSR count). The first-order valence-corrected chi connectivity index (χ1v) is 10.4. The molecule has 1 aromatic heterocycles. The molecule has 0 spiro atoms. The molecule has 2 amide bonds. The van der Waals surface area contributed by atoms with Crippen molar-refractivity contribution in [3.63, 3.8) is 0 Å².